The molecule has 0 heterocycles. The van der Waals surface area contributed by atoms with E-state index in [0.717, 1.165) is 102 Å². The minimum atomic E-state index is -0.844. The maximum atomic E-state index is 16.2. The first-order valence-electron chi connectivity index (χ1n) is 23.4. The molecule has 1 nitrogen and oxygen atoms in total. The molecule has 0 bridgehead atoms. The summed E-state index contributed by atoms with van der Waals surface area (Å²) in [6, 6.07) is 7.04. The van der Waals surface area contributed by atoms with Gasteiger partial charge in [-0.05, 0) is 86.2 Å². The van der Waals surface area contributed by atoms with Crippen molar-refractivity contribution in [2.45, 2.75) is 218 Å². The molecule has 0 unspecified atom stereocenters. The Bertz CT molecular complexity index is 1350. The van der Waals surface area contributed by atoms with E-state index in [1.807, 2.05) is 12.1 Å². The van der Waals surface area contributed by atoms with Crippen LogP contribution in [0.5, 0.6) is 0 Å². The van der Waals surface area contributed by atoms with Gasteiger partial charge in [0.05, 0.1) is 13.2 Å². The Labute approximate surface area is 332 Å². The van der Waals surface area contributed by atoms with Crippen molar-refractivity contribution in [3.63, 3.8) is 0 Å². The Kier molecular flexibility index (Phi) is 16.1. The van der Waals surface area contributed by atoms with Gasteiger partial charge in [0.25, 0.3) is 0 Å². The van der Waals surface area contributed by atoms with Gasteiger partial charge in [-0.15, -0.1) is 0 Å². The first-order valence-corrected chi connectivity index (χ1v) is 23.4. The van der Waals surface area contributed by atoms with E-state index in [1.54, 1.807) is 12.1 Å². The van der Waals surface area contributed by atoms with Crippen LogP contribution in [-0.4, -0.2) is 0 Å². The molecule has 0 amide bonds. The predicted octanol–water partition coefficient (Wildman–Crippen LogP) is 15.9. The molecule has 4 saturated carbocycles. The fraction of sp³-hybridized carbons (Fsp3) is 0.760. The average molecular weight is 767 g/mol. The second-order valence-electron chi connectivity index (χ2n) is 18.9. The number of ether oxygens (including phenoxy) is 1. The number of hydrogen-bond donors (Lipinski definition) is 0. The standard InChI is InChI=1S/C50H74F4O/c1-3-5-7-11-17-37-19-25-41(26-20-37)49(31-13-9-14-32-49)43-29-23-39(45(51)47(43)53)35-55-36-40-24-30-44(48(54)46(40)52)50(33-15-10-16-34-50)42-27-21-38(22-28-42)18-12-8-6-4-2/h23-24,29-30,37-38,41-42H,3-22,25-28,31-36H2,1-2H3/t37-,38-,41-,42-. The van der Waals surface area contributed by atoms with Crippen LogP contribution in [-0.2, 0) is 28.8 Å². The lowest BCUT2D eigenvalue weighted by Gasteiger charge is -2.47. The fourth-order valence-corrected chi connectivity index (χ4v) is 12.3. The van der Waals surface area contributed by atoms with Crippen molar-refractivity contribution in [1.82, 2.24) is 0 Å². The summed E-state index contributed by atoms with van der Waals surface area (Å²) in [4.78, 5) is 0. The molecule has 5 heteroatoms. The lowest BCUT2D eigenvalue weighted by Crippen LogP contribution is -2.40. The third-order valence-corrected chi connectivity index (χ3v) is 15.6. The topological polar surface area (TPSA) is 9.23 Å². The van der Waals surface area contributed by atoms with Crippen LogP contribution in [0.15, 0.2) is 24.3 Å². The lowest BCUT2D eigenvalue weighted by atomic mass is 9.57. The van der Waals surface area contributed by atoms with Gasteiger partial charge >= 0.3 is 0 Å². The summed E-state index contributed by atoms with van der Waals surface area (Å²) < 4.78 is 70.0. The average Bonchev–Trinajstić information content (AvgIpc) is 3.22. The SMILES string of the molecule is CCCCCC[C@H]1CC[C@H](C2(c3ccc(COCc4ccc(C5([C@H]6CC[C@H](CCCCCC)CC6)CCCCC5)c(F)c4F)c(F)c3F)CCCCC2)CC1. The van der Waals surface area contributed by atoms with E-state index in [4.69, 9.17) is 4.74 Å². The number of hydrogen-bond acceptors (Lipinski definition) is 1. The molecule has 0 N–H and O–H groups in total. The van der Waals surface area contributed by atoms with E-state index in [2.05, 4.69) is 13.8 Å². The number of rotatable bonds is 18. The molecule has 0 aromatic heterocycles. The van der Waals surface area contributed by atoms with Crippen molar-refractivity contribution in [2.75, 3.05) is 0 Å². The van der Waals surface area contributed by atoms with E-state index in [-0.39, 0.29) is 35.2 Å². The Hall–Kier alpha value is -1.88. The van der Waals surface area contributed by atoms with Crippen molar-refractivity contribution in [3.05, 3.63) is 69.8 Å². The van der Waals surface area contributed by atoms with Crippen molar-refractivity contribution in [2.24, 2.45) is 23.7 Å². The van der Waals surface area contributed by atoms with Crippen LogP contribution in [0.4, 0.5) is 17.6 Å². The minimum Gasteiger partial charge on any atom is -0.372 e. The molecule has 55 heavy (non-hydrogen) atoms. The second-order valence-corrected chi connectivity index (χ2v) is 18.9. The third kappa shape index (κ3) is 10.1. The summed E-state index contributed by atoms with van der Waals surface area (Å²) in [5.41, 5.74) is 0.787. The molecule has 0 saturated heterocycles. The van der Waals surface area contributed by atoms with Gasteiger partial charge in [-0.2, -0.15) is 0 Å². The van der Waals surface area contributed by atoms with E-state index in [0.29, 0.717) is 23.0 Å². The van der Waals surface area contributed by atoms with Crippen LogP contribution in [0, 0.1) is 46.9 Å². The molecular formula is C50H74F4O. The zero-order valence-electron chi connectivity index (χ0n) is 34.8. The molecule has 308 valence electrons. The summed E-state index contributed by atoms with van der Waals surface area (Å²) in [6.45, 7) is 4.14. The second kappa shape index (κ2) is 20.7. The van der Waals surface area contributed by atoms with Crippen LogP contribution in [0.3, 0.4) is 0 Å². The largest absolute Gasteiger partial charge is 0.372 e. The zero-order chi connectivity index (χ0) is 38.7. The molecule has 0 spiro atoms. The number of halogens is 4. The van der Waals surface area contributed by atoms with Gasteiger partial charge in [0.1, 0.15) is 0 Å². The highest BCUT2D eigenvalue weighted by Crippen LogP contribution is 2.54. The summed E-state index contributed by atoms with van der Waals surface area (Å²) in [5, 5.41) is 0. The van der Waals surface area contributed by atoms with E-state index in [1.165, 1.54) is 89.9 Å². The van der Waals surface area contributed by atoms with Crippen LogP contribution >= 0.6 is 0 Å². The van der Waals surface area contributed by atoms with E-state index < -0.39 is 23.3 Å². The van der Waals surface area contributed by atoms with Gasteiger partial charge in [-0.25, -0.2) is 17.6 Å². The van der Waals surface area contributed by atoms with Crippen LogP contribution in [0.25, 0.3) is 0 Å². The highest BCUT2D eigenvalue weighted by Gasteiger charge is 2.46. The normalized spacial score (nSPS) is 25.6. The Balaban J connectivity index is 1.09. The smallest absolute Gasteiger partial charge is 0.164 e. The van der Waals surface area contributed by atoms with Gasteiger partial charge in [0, 0.05) is 22.0 Å². The highest BCUT2D eigenvalue weighted by atomic mass is 19.2. The van der Waals surface area contributed by atoms with E-state index in [9.17, 15) is 0 Å². The number of benzene rings is 2. The molecular weight excluding hydrogens is 693 g/mol. The summed E-state index contributed by atoms with van der Waals surface area (Å²) in [5.74, 6) is -0.823. The maximum absolute atomic E-state index is 16.2. The molecule has 0 atom stereocenters. The molecule has 2 aromatic carbocycles. The Morgan fingerprint density at radius 1 is 0.473 bits per heavy atom. The van der Waals surface area contributed by atoms with Gasteiger partial charge < -0.3 is 4.74 Å². The number of unbranched alkanes of at least 4 members (excludes halogenated alkanes) is 6. The molecule has 0 radical (unpaired) electrons. The first-order chi connectivity index (χ1) is 26.8. The van der Waals surface area contributed by atoms with E-state index >= 15 is 17.6 Å². The minimum absolute atomic E-state index is 0.141. The van der Waals surface area contributed by atoms with Crippen LogP contribution in [0.2, 0.25) is 0 Å². The molecule has 4 aliphatic rings. The molecule has 4 fully saturated rings. The van der Waals surface area contributed by atoms with Crippen LogP contribution < -0.4 is 0 Å². The molecule has 0 aliphatic heterocycles. The lowest BCUT2D eigenvalue weighted by molar-refractivity contribution is 0.0995. The monoisotopic (exact) mass is 767 g/mol. The van der Waals surface area contributed by atoms with Crippen molar-refractivity contribution < 1.29 is 22.3 Å². The first kappa shape index (κ1) is 42.7. The summed E-state index contributed by atoms with van der Waals surface area (Å²) in [6.07, 6.45) is 32.5. The van der Waals surface area contributed by atoms with Gasteiger partial charge in [-0.1, -0.05) is 167 Å². The third-order valence-electron chi connectivity index (χ3n) is 15.6. The Morgan fingerprint density at radius 3 is 1.22 bits per heavy atom. The van der Waals surface area contributed by atoms with Crippen LogP contribution in [0.1, 0.15) is 216 Å². The zero-order valence-corrected chi connectivity index (χ0v) is 34.8. The van der Waals surface area contributed by atoms with Crippen molar-refractivity contribution in [3.8, 4) is 0 Å². The fourth-order valence-electron chi connectivity index (χ4n) is 12.3. The van der Waals surface area contributed by atoms with Gasteiger partial charge in [0.15, 0.2) is 23.3 Å². The van der Waals surface area contributed by atoms with Crippen molar-refractivity contribution in [1.29, 1.82) is 0 Å². The van der Waals surface area contributed by atoms with Crippen molar-refractivity contribution >= 4 is 0 Å². The maximum Gasteiger partial charge on any atom is 0.164 e. The molecule has 6 rings (SSSR count). The molecule has 4 aliphatic carbocycles. The van der Waals surface area contributed by atoms with Gasteiger partial charge in [-0.3, -0.25) is 0 Å². The quantitative estimate of drug-likeness (QED) is 0.108. The summed E-state index contributed by atoms with van der Waals surface area (Å²) >= 11 is 0. The summed E-state index contributed by atoms with van der Waals surface area (Å²) in [7, 11) is 0. The highest BCUT2D eigenvalue weighted by molar-refractivity contribution is 5.35. The Morgan fingerprint density at radius 2 is 0.855 bits per heavy atom. The predicted molar refractivity (Wildman–Crippen MR) is 219 cm³/mol. The molecule has 2 aromatic rings. The van der Waals surface area contributed by atoms with Gasteiger partial charge in [0.2, 0.25) is 0 Å².